The molecule has 0 aromatic heterocycles. The van der Waals surface area contributed by atoms with Gasteiger partial charge >= 0.3 is 0 Å². The van der Waals surface area contributed by atoms with Crippen molar-refractivity contribution in [3.8, 4) is 5.75 Å². The van der Waals surface area contributed by atoms with E-state index in [2.05, 4.69) is 30.3 Å². The van der Waals surface area contributed by atoms with Gasteiger partial charge in [-0.05, 0) is 42.2 Å². The van der Waals surface area contributed by atoms with Gasteiger partial charge < -0.3 is 4.74 Å². The van der Waals surface area contributed by atoms with E-state index in [0.717, 1.165) is 30.2 Å². The Balaban J connectivity index is 1.75. The highest BCUT2D eigenvalue weighted by Gasteiger charge is 2.20. The molecule has 1 unspecified atom stereocenters. The molecule has 0 N–H and O–H groups in total. The monoisotopic (exact) mass is 258 g/mol. The molecule has 0 fully saturated rings. The van der Waals surface area contributed by atoms with Crippen LogP contribution < -0.4 is 4.74 Å². The van der Waals surface area contributed by atoms with Crippen molar-refractivity contribution in [3.63, 3.8) is 0 Å². The molecule has 1 aliphatic rings. The third-order valence-corrected chi connectivity index (χ3v) is 3.61. The summed E-state index contributed by atoms with van der Waals surface area (Å²) in [6.07, 6.45) is 2.11. The molecule has 92 valence electrons. The van der Waals surface area contributed by atoms with Crippen LogP contribution in [0.3, 0.4) is 0 Å². The maximum absolute atomic E-state index is 6.03. The van der Waals surface area contributed by atoms with E-state index in [4.69, 9.17) is 16.3 Å². The molecule has 3 rings (SSSR count). The van der Waals surface area contributed by atoms with Crippen LogP contribution in [0.25, 0.3) is 0 Å². The highest BCUT2D eigenvalue weighted by atomic mass is 35.5. The zero-order valence-corrected chi connectivity index (χ0v) is 10.9. The van der Waals surface area contributed by atoms with Crippen LogP contribution in [0, 0.1) is 5.92 Å². The van der Waals surface area contributed by atoms with Gasteiger partial charge in [0.2, 0.25) is 0 Å². The third-order valence-electron chi connectivity index (χ3n) is 3.37. The summed E-state index contributed by atoms with van der Waals surface area (Å²) in [5.41, 5.74) is 2.60. The lowest BCUT2D eigenvalue weighted by Crippen LogP contribution is -2.22. The van der Waals surface area contributed by atoms with E-state index in [1.54, 1.807) is 0 Å². The van der Waals surface area contributed by atoms with Crippen molar-refractivity contribution >= 4 is 11.6 Å². The van der Waals surface area contributed by atoms with Crippen LogP contribution in [0.4, 0.5) is 0 Å². The van der Waals surface area contributed by atoms with Crippen molar-refractivity contribution in [2.45, 2.75) is 12.8 Å². The van der Waals surface area contributed by atoms with Crippen LogP contribution in [0.15, 0.2) is 48.5 Å². The fourth-order valence-corrected chi connectivity index (χ4v) is 2.70. The van der Waals surface area contributed by atoms with Crippen molar-refractivity contribution in [1.82, 2.24) is 0 Å². The van der Waals surface area contributed by atoms with Gasteiger partial charge in [0, 0.05) is 10.9 Å². The zero-order chi connectivity index (χ0) is 12.4. The smallest absolute Gasteiger partial charge is 0.122 e. The highest BCUT2D eigenvalue weighted by Crippen LogP contribution is 2.30. The number of ether oxygens (including phenoxy) is 1. The summed E-state index contributed by atoms with van der Waals surface area (Å²) in [5, 5.41) is 0.790. The minimum atomic E-state index is 0.540. The van der Waals surface area contributed by atoms with Crippen LogP contribution >= 0.6 is 11.6 Å². The second-order valence-electron chi connectivity index (χ2n) is 4.82. The maximum Gasteiger partial charge on any atom is 0.122 e. The van der Waals surface area contributed by atoms with Gasteiger partial charge in [-0.15, -0.1) is 0 Å². The molecular formula is C16H15ClO. The van der Waals surface area contributed by atoms with Crippen molar-refractivity contribution in [2.75, 3.05) is 6.61 Å². The molecule has 1 nitrogen and oxygen atoms in total. The second-order valence-corrected chi connectivity index (χ2v) is 5.26. The lowest BCUT2D eigenvalue weighted by atomic mass is 9.91. The summed E-state index contributed by atoms with van der Waals surface area (Å²) in [4.78, 5) is 0. The predicted octanol–water partition coefficient (Wildman–Crippen LogP) is 4.13. The van der Waals surface area contributed by atoms with Gasteiger partial charge in [-0.3, -0.25) is 0 Å². The van der Waals surface area contributed by atoms with E-state index in [0.29, 0.717) is 5.92 Å². The summed E-state index contributed by atoms with van der Waals surface area (Å²) in [7, 11) is 0. The normalized spacial score (nSPS) is 17.9. The summed E-state index contributed by atoms with van der Waals surface area (Å²) in [6.45, 7) is 0.795. The number of halogens is 1. The van der Waals surface area contributed by atoms with E-state index in [9.17, 15) is 0 Å². The average molecular weight is 259 g/mol. The summed E-state index contributed by atoms with van der Waals surface area (Å²) >= 11 is 6.03. The number of fused-ring (bicyclic) bond motifs is 1. The van der Waals surface area contributed by atoms with Crippen LogP contribution in [-0.2, 0) is 12.8 Å². The first-order valence-corrected chi connectivity index (χ1v) is 6.64. The van der Waals surface area contributed by atoms with Crippen LogP contribution in [0.1, 0.15) is 11.1 Å². The molecule has 1 aliphatic heterocycles. The molecule has 1 atom stereocenters. The number of hydrogen-bond acceptors (Lipinski definition) is 1. The molecular weight excluding hydrogens is 244 g/mol. The fourth-order valence-electron chi connectivity index (χ4n) is 2.50. The molecule has 2 aromatic carbocycles. The number of rotatable bonds is 2. The Morgan fingerprint density at radius 3 is 2.78 bits per heavy atom. The standard InChI is InChI=1S/C16H15ClO/c17-15-6-7-16-14(10-15)9-13(11-18-16)8-12-4-2-1-3-5-12/h1-7,10,13H,8-9,11H2. The van der Waals surface area contributed by atoms with Gasteiger partial charge in [0.25, 0.3) is 0 Å². The molecule has 0 saturated heterocycles. The quantitative estimate of drug-likeness (QED) is 0.787. The summed E-state index contributed by atoms with van der Waals surface area (Å²) < 4.78 is 5.80. The molecule has 2 heteroatoms. The highest BCUT2D eigenvalue weighted by molar-refractivity contribution is 6.30. The molecule has 0 bridgehead atoms. The second kappa shape index (κ2) is 5.03. The van der Waals surface area contributed by atoms with Crippen molar-refractivity contribution < 1.29 is 4.74 Å². The van der Waals surface area contributed by atoms with Gasteiger partial charge in [0.15, 0.2) is 0 Å². The molecule has 18 heavy (non-hydrogen) atoms. The first-order valence-electron chi connectivity index (χ1n) is 6.26. The third kappa shape index (κ3) is 2.51. The minimum absolute atomic E-state index is 0.540. The first-order chi connectivity index (χ1) is 8.81. The van der Waals surface area contributed by atoms with Gasteiger partial charge in [0.1, 0.15) is 5.75 Å². The zero-order valence-electron chi connectivity index (χ0n) is 10.1. The summed E-state index contributed by atoms with van der Waals surface area (Å²) in [6, 6.07) is 16.5. The van der Waals surface area contributed by atoms with Gasteiger partial charge in [-0.2, -0.15) is 0 Å². The average Bonchev–Trinajstić information content (AvgIpc) is 2.39. The molecule has 0 aliphatic carbocycles. The fraction of sp³-hybridized carbons (Fsp3) is 0.250. The van der Waals surface area contributed by atoms with E-state index < -0.39 is 0 Å². The molecule has 0 radical (unpaired) electrons. The SMILES string of the molecule is Clc1ccc2c(c1)CC(Cc1ccccc1)CO2. The number of benzene rings is 2. The topological polar surface area (TPSA) is 9.23 Å². The van der Waals surface area contributed by atoms with Crippen molar-refractivity contribution in [1.29, 1.82) is 0 Å². The summed E-state index contributed by atoms with van der Waals surface area (Å²) in [5.74, 6) is 1.53. The van der Waals surface area contributed by atoms with Crippen molar-refractivity contribution in [3.05, 3.63) is 64.7 Å². The van der Waals surface area contributed by atoms with E-state index in [1.807, 2.05) is 18.2 Å². The first kappa shape index (κ1) is 11.6. The Hall–Kier alpha value is -1.47. The maximum atomic E-state index is 6.03. The van der Waals surface area contributed by atoms with Crippen LogP contribution in [-0.4, -0.2) is 6.61 Å². The Morgan fingerprint density at radius 1 is 1.11 bits per heavy atom. The van der Waals surface area contributed by atoms with Crippen molar-refractivity contribution in [2.24, 2.45) is 5.92 Å². The lowest BCUT2D eigenvalue weighted by Gasteiger charge is -2.25. The van der Waals surface area contributed by atoms with Gasteiger partial charge in [0.05, 0.1) is 6.61 Å². The largest absolute Gasteiger partial charge is 0.493 e. The van der Waals surface area contributed by atoms with Crippen LogP contribution in [0.2, 0.25) is 5.02 Å². The Labute approximate surface area is 112 Å². The molecule has 2 aromatic rings. The Morgan fingerprint density at radius 2 is 1.94 bits per heavy atom. The minimum Gasteiger partial charge on any atom is -0.493 e. The van der Waals surface area contributed by atoms with E-state index in [-0.39, 0.29) is 0 Å². The Kier molecular flexibility index (Phi) is 3.24. The van der Waals surface area contributed by atoms with Gasteiger partial charge in [-0.1, -0.05) is 41.9 Å². The Bertz CT molecular complexity index is 536. The van der Waals surface area contributed by atoms with E-state index in [1.165, 1.54) is 11.1 Å². The van der Waals surface area contributed by atoms with Crippen LogP contribution in [0.5, 0.6) is 5.75 Å². The molecule has 1 heterocycles. The van der Waals surface area contributed by atoms with E-state index >= 15 is 0 Å². The number of hydrogen-bond donors (Lipinski definition) is 0. The van der Waals surface area contributed by atoms with Gasteiger partial charge in [-0.25, -0.2) is 0 Å². The molecule has 0 spiro atoms. The molecule has 0 saturated carbocycles. The lowest BCUT2D eigenvalue weighted by molar-refractivity contribution is 0.221. The molecule has 0 amide bonds. The predicted molar refractivity (Wildman–Crippen MR) is 74.3 cm³/mol.